The van der Waals surface area contributed by atoms with Crippen LogP contribution in [0.25, 0.3) is 11.1 Å². The third-order valence-electron chi connectivity index (χ3n) is 4.50. The Bertz CT molecular complexity index is 965. The van der Waals surface area contributed by atoms with Crippen LogP contribution in [0.2, 0.25) is 0 Å². The molecule has 0 unspecified atom stereocenters. The van der Waals surface area contributed by atoms with Gasteiger partial charge in [-0.1, -0.05) is 24.3 Å². The Labute approximate surface area is 155 Å². The number of nitrogens with one attached hydrogen (secondary N) is 1. The molecule has 4 rings (SSSR count). The number of aromatic nitrogens is 1. The number of anilines is 1. The molecule has 0 saturated carbocycles. The van der Waals surface area contributed by atoms with E-state index in [1.165, 1.54) is 0 Å². The first-order valence-electron chi connectivity index (χ1n) is 8.78. The topological polar surface area (TPSA) is 84.7 Å². The van der Waals surface area contributed by atoms with Gasteiger partial charge in [-0.05, 0) is 24.3 Å². The van der Waals surface area contributed by atoms with Gasteiger partial charge >= 0.3 is 0 Å². The van der Waals surface area contributed by atoms with Gasteiger partial charge in [-0.3, -0.25) is 9.59 Å². The van der Waals surface area contributed by atoms with Crippen molar-refractivity contribution in [3.05, 3.63) is 54.4 Å². The van der Waals surface area contributed by atoms with Crippen molar-refractivity contribution in [3.8, 4) is 5.75 Å². The smallest absolute Gasteiger partial charge is 0.262 e. The number of carbonyl (C=O) groups is 2. The van der Waals surface area contributed by atoms with E-state index in [2.05, 4.69) is 10.3 Å². The van der Waals surface area contributed by atoms with Crippen LogP contribution in [0, 0.1) is 0 Å². The van der Waals surface area contributed by atoms with Crippen LogP contribution in [0.5, 0.6) is 5.75 Å². The maximum Gasteiger partial charge on any atom is 0.262 e. The molecule has 1 aliphatic heterocycles. The largest absolute Gasteiger partial charge is 0.477 e. The van der Waals surface area contributed by atoms with Gasteiger partial charge in [0.1, 0.15) is 11.3 Å². The van der Waals surface area contributed by atoms with Crippen LogP contribution in [0.15, 0.2) is 52.9 Å². The maximum absolute atomic E-state index is 12.9. The molecule has 2 heterocycles. The van der Waals surface area contributed by atoms with Gasteiger partial charge in [0.05, 0.1) is 12.2 Å². The minimum absolute atomic E-state index is 0.109. The Balaban J connectivity index is 1.52. The van der Waals surface area contributed by atoms with Crippen LogP contribution in [-0.2, 0) is 16.0 Å². The van der Waals surface area contributed by atoms with E-state index in [9.17, 15) is 9.59 Å². The number of oxazole rings is 1. The number of likely N-dealkylation sites (N-methyl/N-ethyl adjacent to an activating group) is 1. The molecule has 3 aromatic rings. The average molecular weight is 365 g/mol. The second kappa shape index (κ2) is 7.11. The minimum Gasteiger partial charge on any atom is -0.477 e. The van der Waals surface area contributed by atoms with E-state index in [0.717, 1.165) is 5.52 Å². The Kier molecular flexibility index (Phi) is 4.50. The van der Waals surface area contributed by atoms with Crippen molar-refractivity contribution in [2.24, 2.45) is 0 Å². The summed E-state index contributed by atoms with van der Waals surface area (Å²) in [5.41, 5.74) is 2.15. The highest BCUT2D eigenvalue weighted by molar-refractivity contribution is 5.97. The lowest BCUT2D eigenvalue weighted by Crippen LogP contribution is -2.50. The Morgan fingerprint density at radius 1 is 1.19 bits per heavy atom. The first-order valence-corrected chi connectivity index (χ1v) is 8.78. The lowest BCUT2D eigenvalue weighted by atomic mass is 10.1. The molecule has 0 fully saturated rings. The van der Waals surface area contributed by atoms with Gasteiger partial charge in [0.25, 0.3) is 5.91 Å². The number of carbonyl (C=O) groups excluding carboxylic acids is 2. The highest BCUT2D eigenvalue weighted by Gasteiger charge is 2.33. The van der Waals surface area contributed by atoms with Crippen LogP contribution in [-0.4, -0.2) is 36.5 Å². The fourth-order valence-electron chi connectivity index (χ4n) is 3.14. The monoisotopic (exact) mass is 365 g/mol. The summed E-state index contributed by atoms with van der Waals surface area (Å²) < 4.78 is 11.4. The first-order chi connectivity index (χ1) is 13.2. The van der Waals surface area contributed by atoms with Crippen LogP contribution < -0.4 is 15.0 Å². The van der Waals surface area contributed by atoms with E-state index in [4.69, 9.17) is 9.15 Å². The van der Waals surface area contributed by atoms with Crippen molar-refractivity contribution in [1.82, 2.24) is 10.3 Å². The van der Waals surface area contributed by atoms with E-state index in [-0.39, 0.29) is 24.8 Å². The minimum atomic E-state index is -0.738. The Morgan fingerprint density at radius 2 is 1.96 bits per heavy atom. The fraction of sp³-hybridized carbons (Fsp3) is 0.250. The lowest BCUT2D eigenvalue weighted by Gasteiger charge is -2.34. The highest BCUT2D eigenvalue weighted by Crippen LogP contribution is 2.33. The molecule has 7 heteroatoms. The quantitative estimate of drug-likeness (QED) is 0.767. The van der Waals surface area contributed by atoms with Gasteiger partial charge in [0.2, 0.25) is 5.91 Å². The molecule has 1 aliphatic rings. The SMILES string of the molecule is CNC(=O)[C@H]1CN(C(=O)CCc2nc3ccccc3o2)c2ccccc2O1. The molecule has 0 aliphatic carbocycles. The number of rotatable bonds is 4. The van der Waals surface area contributed by atoms with Crippen molar-refractivity contribution in [1.29, 1.82) is 0 Å². The summed E-state index contributed by atoms with van der Waals surface area (Å²) >= 11 is 0. The molecule has 138 valence electrons. The number of amides is 2. The molecule has 1 atom stereocenters. The van der Waals surface area contributed by atoms with Crippen molar-refractivity contribution in [2.45, 2.75) is 18.9 Å². The number of ether oxygens (including phenoxy) is 1. The van der Waals surface area contributed by atoms with Crippen LogP contribution in [0.1, 0.15) is 12.3 Å². The fourth-order valence-corrected chi connectivity index (χ4v) is 3.14. The summed E-state index contributed by atoms with van der Waals surface area (Å²) in [4.78, 5) is 30.9. The molecule has 0 bridgehead atoms. The zero-order chi connectivity index (χ0) is 18.8. The van der Waals surface area contributed by atoms with Gasteiger partial charge < -0.3 is 19.4 Å². The summed E-state index contributed by atoms with van der Waals surface area (Å²) in [5, 5.41) is 2.57. The van der Waals surface area contributed by atoms with Crippen LogP contribution >= 0.6 is 0 Å². The van der Waals surface area contributed by atoms with Gasteiger partial charge in [0, 0.05) is 19.9 Å². The number of para-hydroxylation sites is 4. The molecule has 0 spiro atoms. The van der Waals surface area contributed by atoms with Crippen molar-refractivity contribution < 1.29 is 18.7 Å². The van der Waals surface area contributed by atoms with E-state index in [0.29, 0.717) is 29.3 Å². The summed E-state index contributed by atoms with van der Waals surface area (Å²) in [6, 6.07) is 14.7. The Morgan fingerprint density at radius 3 is 2.78 bits per heavy atom. The molecular weight excluding hydrogens is 346 g/mol. The molecule has 1 aromatic heterocycles. The van der Waals surface area contributed by atoms with Gasteiger partial charge in [-0.15, -0.1) is 0 Å². The maximum atomic E-state index is 12.9. The van der Waals surface area contributed by atoms with Crippen LogP contribution in [0.3, 0.4) is 0 Å². The number of nitrogens with zero attached hydrogens (tertiary/aromatic N) is 2. The zero-order valence-corrected chi connectivity index (χ0v) is 14.8. The molecule has 2 amide bonds. The average Bonchev–Trinajstić information content (AvgIpc) is 3.13. The zero-order valence-electron chi connectivity index (χ0n) is 14.8. The summed E-state index contributed by atoms with van der Waals surface area (Å²) in [5.74, 6) is 0.671. The number of benzene rings is 2. The number of hydrogen-bond acceptors (Lipinski definition) is 5. The van der Waals surface area contributed by atoms with Crippen molar-refractivity contribution in [2.75, 3.05) is 18.5 Å². The number of fused-ring (bicyclic) bond motifs is 2. The number of aryl methyl sites for hydroxylation is 1. The van der Waals surface area contributed by atoms with Gasteiger partial charge in [-0.2, -0.15) is 0 Å². The first kappa shape index (κ1) is 17.1. The number of hydrogen-bond donors (Lipinski definition) is 1. The summed E-state index contributed by atoms with van der Waals surface area (Å²) in [6.07, 6.45) is -0.127. The summed E-state index contributed by atoms with van der Waals surface area (Å²) in [6.45, 7) is 0.170. The second-order valence-electron chi connectivity index (χ2n) is 6.27. The molecule has 27 heavy (non-hydrogen) atoms. The van der Waals surface area contributed by atoms with Crippen molar-refractivity contribution in [3.63, 3.8) is 0 Å². The lowest BCUT2D eigenvalue weighted by molar-refractivity contribution is -0.127. The van der Waals surface area contributed by atoms with E-state index in [1.807, 2.05) is 42.5 Å². The standard InChI is InChI=1S/C20H19N3O4/c1-21-20(25)17-12-23(14-7-3-5-9-16(14)26-17)19(24)11-10-18-22-13-6-2-4-8-15(13)27-18/h2-9,17H,10-12H2,1H3,(H,21,25)/t17-/m1/s1. The van der Waals surface area contributed by atoms with E-state index >= 15 is 0 Å². The molecule has 7 nitrogen and oxygen atoms in total. The third-order valence-corrected chi connectivity index (χ3v) is 4.50. The third kappa shape index (κ3) is 3.36. The van der Waals surface area contributed by atoms with E-state index in [1.54, 1.807) is 18.0 Å². The highest BCUT2D eigenvalue weighted by atomic mass is 16.5. The molecule has 0 radical (unpaired) electrons. The predicted octanol–water partition coefficient (Wildman–Crippen LogP) is 2.30. The van der Waals surface area contributed by atoms with Gasteiger partial charge in [-0.25, -0.2) is 4.98 Å². The summed E-state index contributed by atoms with van der Waals surface area (Å²) in [7, 11) is 1.55. The predicted molar refractivity (Wildman–Crippen MR) is 99.6 cm³/mol. The molecular formula is C20H19N3O4. The molecule has 0 saturated heterocycles. The Hall–Kier alpha value is -3.35. The normalized spacial score (nSPS) is 15.9. The molecule has 2 aromatic carbocycles. The van der Waals surface area contributed by atoms with Crippen molar-refractivity contribution >= 4 is 28.6 Å². The van der Waals surface area contributed by atoms with E-state index < -0.39 is 6.10 Å². The molecule has 1 N–H and O–H groups in total. The van der Waals surface area contributed by atoms with Crippen LogP contribution in [0.4, 0.5) is 5.69 Å². The second-order valence-corrected chi connectivity index (χ2v) is 6.27. The van der Waals surface area contributed by atoms with Gasteiger partial charge in [0.15, 0.2) is 17.6 Å².